The van der Waals surface area contributed by atoms with Gasteiger partial charge in [0.25, 0.3) is 0 Å². The molecule has 44 valence electrons. The van der Waals surface area contributed by atoms with Crippen molar-refractivity contribution in [2.24, 2.45) is 0 Å². The summed E-state index contributed by atoms with van der Waals surface area (Å²) in [5.41, 5.74) is 6.08. The van der Waals surface area contributed by atoms with Crippen molar-refractivity contribution in [1.29, 1.82) is 0 Å². The minimum atomic E-state index is 0. The van der Waals surface area contributed by atoms with Gasteiger partial charge in [0.1, 0.15) is 0 Å². The van der Waals surface area contributed by atoms with E-state index in [1.54, 1.807) is 18.2 Å². The standard InChI is InChI=1S/C6H6ClN.Na.H/c7-5-2-1-3-6(8)4-5;;/h1-4H,8H2;;/q;+1;-1. The van der Waals surface area contributed by atoms with E-state index in [0.29, 0.717) is 10.7 Å². The van der Waals surface area contributed by atoms with Crippen LogP contribution in [0.3, 0.4) is 0 Å². The van der Waals surface area contributed by atoms with E-state index >= 15 is 0 Å². The second-order valence-electron chi connectivity index (χ2n) is 1.56. The number of nitrogens with two attached hydrogens (primary N) is 1. The Labute approximate surface area is 83.0 Å². The molecule has 3 heteroatoms. The Hall–Kier alpha value is 0.310. The van der Waals surface area contributed by atoms with Crippen molar-refractivity contribution in [1.82, 2.24) is 0 Å². The van der Waals surface area contributed by atoms with Crippen LogP contribution in [0.25, 0.3) is 0 Å². The van der Waals surface area contributed by atoms with Crippen molar-refractivity contribution < 1.29 is 31.0 Å². The van der Waals surface area contributed by atoms with Gasteiger partial charge in [0, 0.05) is 10.7 Å². The zero-order valence-corrected chi connectivity index (χ0v) is 8.02. The molecular formula is C6H7ClNNa. The summed E-state index contributed by atoms with van der Waals surface area (Å²) in [7, 11) is 0. The molecule has 0 atom stereocenters. The average molecular weight is 152 g/mol. The molecular weight excluding hydrogens is 145 g/mol. The summed E-state index contributed by atoms with van der Waals surface area (Å²) in [4.78, 5) is 0. The summed E-state index contributed by atoms with van der Waals surface area (Å²) in [6.07, 6.45) is 0. The SMILES string of the molecule is Nc1cccc(Cl)c1.[H-].[Na+]. The molecule has 0 heterocycles. The van der Waals surface area contributed by atoms with Crippen molar-refractivity contribution in [2.45, 2.75) is 0 Å². The Balaban J connectivity index is 0. The van der Waals surface area contributed by atoms with Crippen LogP contribution >= 0.6 is 11.6 Å². The largest absolute Gasteiger partial charge is 1.00 e. The molecule has 0 fully saturated rings. The number of hydrogen-bond donors (Lipinski definition) is 1. The number of benzene rings is 1. The van der Waals surface area contributed by atoms with E-state index < -0.39 is 0 Å². The van der Waals surface area contributed by atoms with Crippen LogP contribution in [-0.2, 0) is 0 Å². The zero-order valence-electron chi connectivity index (χ0n) is 6.26. The average Bonchev–Trinajstić information content (AvgIpc) is 1.64. The predicted molar refractivity (Wildman–Crippen MR) is 37.0 cm³/mol. The number of anilines is 1. The van der Waals surface area contributed by atoms with Gasteiger partial charge in [-0.2, -0.15) is 0 Å². The summed E-state index contributed by atoms with van der Waals surface area (Å²) < 4.78 is 0. The minimum absolute atomic E-state index is 0. The molecule has 0 aliphatic carbocycles. The summed E-state index contributed by atoms with van der Waals surface area (Å²) in [6, 6.07) is 7.11. The number of rotatable bonds is 0. The van der Waals surface area contributed by atoms with Crippen LogP contribution in [0.5, 0.6) is 0 Å². The third-order valence-corrected chi connectivity index (χ3v) is 1.08. The molecule has 0 amide bonds. The molecule has 0 saturated heterocycles. The summed E-state index contributed by atoms with van der Waals surface area (Å²) >= 11 is 5.56. The van der Waals surface area contributed by atoms with Crippen LogP contribution in [-0.4, -0.2) is 0 Å². The van der Waals surface area contributed by atoms with Crippen molar-refractivity contribution in [3.05, 3.63) is 29.3 Å². The molecule has 1 aromatic rings. The van der Waals surface area contributed by atoms with Gasteiger partial charge in [0.15, 0.2) is 0 Å². The molecule has 0 unspecified atom stereocenters. The molecule has 9 heavy (non-hydrogen) atoms. The topological polar surface area (TPSA) is 26.0 Å². The van der Waals surface area contributed by atoms with Crippen LogP contribution in [0.15, 0.2) is 24.3 Å². The predicted octanol–water partition coefficient (Wildman–Crippen LogP) is -0.961. The van der Waals surface area contributed by atoms with E-state index in [-0.39, 0.29) is 31.0 Å². The third kappa shape index (κ3) is 3.11. The smallest absolute Gasteiger partial charge is 1.00 e. The van der Waals surface area contributed by atoms with Crippen LogP contribution in [0.4, 0.5) is 5.69 Å². The van der Waals surface area contributed by atoms with Crippen molar-refractivity contribution in [3.63, 3.8) is 0 Å². The molecule has 0 aliphatic rings. The van der Waals surface area contributed by atoms with Crippen molar-refractivity contribution >= 4 is 17.3 Å². The summed E-state index contributed by atoms with van der Waals surface area (Å²) in [5, 5.41) is 0.685. The number of hydrogen-bond acceptors (Lipinski definition) is 1. The zero-order chi connectivity index (χ0) is 5.98. The van der Waals surface area contributed by atoms with E-state index in [1.165, 1.54) is 0 Å². The molecule has 1 nitrogen and oxygen atoms in total. The Kier molecular flexibility index (Phi) is 4.32. The van der Waals surface area contributed by atoms with Gasteiger partial charge in [-0.3, -0.25) is 0 Å². The number of halogens is 1. The number of nitrogen functional groups attached to an aromatic ring is 1. The van der Waals surface area contributed by atoms with Crippen LogP contribution in [0, 0.1) is 0 Å². The molecule has 2 N–H and O–H groups in total. The van der Waals surface area contributed by atoms with Crippen molar-refractivity contribution in [2.75, 3.05) is 5.73 Å². The molecule has 0 saturated carbocycles. The fourth-order valence-corrected chi connectivity index (χ4v) is 0.705. The van der Waals surface area contributed by atoms with Gasteiger partial charge in [-0.25, -0.2) is 0 Å². The monoisotopic (exact) mass is 151 g/mol. The Morgan fingerprint density at radius 1 is 1.44 bits per heavy atom. The summed E-state index contributed by atoms with van der Waals surface area (Å²) in [6.45, 7) is 0. The molecule has 0 bridgehead atoms. The van der Waals surface area contributed by atoms with E-state index in [4.69, 9.17) is 17.3 Å². The van der Waals surface area contributed by atoms with E-state index in [0.717, 1.165) is 0 Å². The molecule has 0 spiro atoms. The van der Waals surface area contributed by atoms with Gasteiger partial charge in [-0.15, -0.1) is 0 Å². The Bertz CT molecular complexity index is 178. The minimum Gasteiger partial charge on any atom is -1.00 e. The van der Waals surface area contributed by atoms with Crippen LogP contribution < -0.4 is 35.3 Å². The molecule has 1 rings (SSSR count). The van der Waals surface area contributed by atoms with Gasteiger partial charge in [0.2, 0.25) is 0 Å². The van der Waals surface area contributed by atoms with E-state index in [9.17, 15) is 0 Å². The quantitative estimate of drug-likeness (QED) is 0.375. The van der Waals surface area contributed by atoms with Gasteiger partial charge in [-0.05, 0) is 18.2 Å². The fraction of sp³-hybridized carbons (Fsp3) is 0. The summed E-state index contributed by atoms with van der Waals surface area (Å²) in [5.74, 6) is 0. The van der Waals surface area contributed by atoms with Gasteiger partial charge in [-0.1, -0.05) is 17.7 Å². The van der Waals surface area contributed by atoms with Crippen LogP contribution in [0.1, 0.15) is 1.43 Å². The normalized spacial score (nSPS) is 8.11. The van der Waals surface area contributed by atoms with E-state index in [1.807, 2.05) is 6.07 Å². The van der Waals surface area contributed by atoms with E-state index in [2.05, 4.69) is 0 Å². The fourth-order valence-electron chi connectivity index (χ4n) is 0.507. The first-order chi connectivity index (χ1) is 3.79. The first-order valence-electron chi connectivity index (χ1n) is 2.30. The first kappa shape index (κ1) is 9.31. The first-order valence-corrected chi connectivity index (χ1v) is 2.68. The third-order valence-electron chi connectivity index (χ3n) is 0.849. The van der Waals surface area contributed by atoms with Gasteiger partial charge >= 0.3 is 29.6 Å². The molecule has 0 radical (unpaired) electrons. The molecule has 1 aromatic carbocycles. The Morgan fingerprint density at radius 3 is 2.44 bits per heavy atom. The maximum Gasteiger partial charge on any atom is 1.00 e. The van der Waals surface area contributed by atoms with Crippen LogP contribution in [0.2, 0.25) is 5.02 Å². The molecule has 0 aliphatic heterocycles. The second kappa shape index (κ2) is 4.18. The maximum absolute atomic E-state index is 5.56. The second-order valence-corrected chi connectivity index (χ2v) is 1.99. The van der Waals surface area contributed by atoms with Gasteiger partial charge in [0.05, 0.1) is 0 Å². The molecule has 0 aromatic heterocycles. The Morgan fingerprint density at radius 2 is 2.11 bits per heavy atom. The maximum atomic E-state index is 5.56. The van der Waals surface area contributed by atoms with Crippen molar-refractivity contribution in [3.8, 4) is 0 Å². The van der Waals surface area contributed by atoms with Gasteiger partial charge < -0.3 is 7.16 Å².